The Hall–Kier alpha value is -2.19. The van der Waals surface area contributed by atoms with Gasteiger partial charge in [-0.05, 0) is 54.7 Å². The molecule has 0 amide bonds. The normalized spacial score (nSPS) is 12.5. The van der Waals surface area contributed by atoms with Crippen LogP contribution < -0.4 is 0 Å². The summed E-state index contributed by atoms with van der Waals surface area (Å²) in [5.41, 5.74) is 4.52. The number of aryl methyl sites for hydroxylation is 2. The van der Waals surface area contributed by atoms with E-state index in [2.05, 4.69) is 30.1 Å². The van der Waals surface area contributed by atoms with Gasteiger partial charge in [0, 0.05) is 11.6 Å². The van der Waals surface area contributed by atoms with E-state index in [1.54, 1.807) is 6.20 Å². The summed E-state index contributed by atoms with van der Waals surface area (Å²) in [6.07, 6.45) is 2.97. The topological polar surface area (TPSA) is 33.1 Å². The molecule has 0 aliphatic rings. The van der Waals surface area contributed by atoms with E-state index in [1.807, 2.05) is 36.4 Å². The van der Waals surface area contributed by atoms with Gasteiger partial charge < -0.3 is 5.11 Å². The number of benzene rings is 2. The molecule has 0 aliphatic carbocycles. The molecule has 0 saturated carbocycles. The molecule has 0 radical (unpaired) electrons. The average Bonchev–Trinajstić information content (AvgIpc) is 2.53. The van der Waals surface area contributed by atoms with E-state index in [-0.39, 0.29) is 0 Å². The molecule has 1 N–H and O–H groups in total. The molecule has 2 nitrogen and oxygen atoms in total. The van der Waals surface area contributed by atoms with Crippen LogP contribution in [0.5, 0.6) is 0 Å². The van der Waals surface area contributed by atoms with E-state index < -0.39 is 6.10 Å². The molecule has 1 heterocycles. The second-order valence-electron chi connectivity index (χ2n) is 5.44. The third-order valence-corrected chi connectivity index (χ3v) is 3.96. The van der Waals surface area contributed by atoms with Crippen LogP contribution in [0.2, 0.25) is 0 Å². The third-order valence-electron chi connectivity index (χ3n) is 3.96. The standard InChI is InChI=1S/C19H19NO/c1-14-5-2-3-6-15(14)9-11-19(21)17-8-10-18-16(13-17)7-4-12-20-18/h2-8,10,12-13,19,21H,9,11H2,1H3. The van der Waals surface area contributed by atoms with E-state index in [1.165, 1.54) is 11.1 Å². The lowest BCUT2D eigenvalue weighted by Gasteiger charge is -2.13. The zero-order chi connectivity index (χ0) is 14.7. The number of fused-ring (bicyclic) bond motifs is 1. The van der Waals surface area contributed by atoms with Crippen LogP contribution in [-0.2, 0) is 6.42 Å². The molecule has 0 fully saturated rings. The van der Waals surface area contributed by atoms with E-state index in [4.69, 9.17) is 0 Å². The van der Waals surface area contributed by atoms with Crippen LogP contribution in [0, 0.1) is 6.92 Å². The summed E-state index contributed by atoms with van der Waals surface area (Å²) in [7, 11) is 0. The van der Waals surface area contributed by atoms with Crippen molar-refractivity contribution in [3.63, 3.8) is 0 Å². The van der Waals surface area contributed by atoms with Gasteiger partial charge in [0.25, 0.3) is 0 Å². The number of aliphatic hydroxyl groups excluding tert-OH is 1. The molecular formula is C19H19NO. The van der Waals surface area contributed by atoms with Crippen LogP contribution in [0.25, 0.3) is 10.9 Å². The highest BCUT2D eigenvalue weighted by molar-refractivity contribution is 5.79. The fraction of sp³-hybridized carbons (Fsp3) is 0.211. The van der Waals surface area contributed by atoms with Crippen LogP contribution in [0.3, 0.4) is 0 Å². The fourth-order valence-corrected chi connectivity index (χ4v) is 2.65. The number of hydrogen-bond donors (Lipinski definition) is 1. The fourth-order valence-electron chi connectivity index (χ4n) is 2.65. The Balaban J connectivity index is 1.75. The van der Waals surface area contributed by atoms with Gasteiger partial charge in [0.1, 0.15) is 0 Å². The highest BCUT2D eigenvalue weighted by atomic mass is 16.3. The van der Waals surface area contributed by atoms with Crippen molar-refractivity contribution in [2.24, 2.45) is 0 Å². The van der Waals surface area contributed by atoms with Gasteiger partial charge in [-0.25, -0.2) is 0 Å². The highest BCUT2D eigenvalue weighted by Crippen LogP contribution is 2.23. The summed E-state index contributed by atoms with van der Waals surface area (Å²) in [5, 5.41) is 11.5. The maximum absolute atomic E-state index is 10.4. The van der Waals surface area contributed by atoms with Crippen molar-refractivity contribution < 1.29 is 5.11 Å². The predicted molar refractivity (Wildman–Crippen MR) is 86.2 cm³/mol. The minimum Gasteiger partial charge on any atom is -0.388 e. The van der Waals surface area contributed by atoms with Crippen molar-refractivity contribution in [1.29, 1.82) is 0 Å². The SMILES string of the molecule is Cc1ccccc1CCC(O)c1ccc2ncccc2c1. The molecule has 2 heteroatoms. The summed E-state index contributed by atoms with van der Waals surface area (Å²) < 4.78 is 0. The zero-order valence-electron chi connectivity index (χ0n) is 12.2. The molecule has 0 aliphatic heterocycles. The number of nitrogens with zero attached hydrogens (tertiary/aromatic N) is 1. The molecule has 21 heavy (non-hydrogen) atoms. The van der Waals surface area contributed by atoms with Crippen molar-refractivity contribution >= 4 is 10.9 Å². The minimum absolute atomic E-state index is 0.436. The molecule has 2 aromatic carbocycles. The van der Waals surface area contributed by atoms with E-state index in [0.29, 0.717) is 0 Å². The first-order valence-corrected chi connectivity index (χ1v) is 7.31. The summed E-state index contributed by atoms with van der Waals surface area (Å²) in [6, 6.07) is 18.3. The molecule has 0 saturated heterocycles. The van der Waals surface area contributed by atoms with Gasteiger partial charge in [0.2, 0.25) is 0 Å². The molecule has 1 aromatic heterocycles. The Morgan fingerprint density at radius 3 is 2.76 bits per heavy atom. The first-order chi connectivity index (χ1) is 10.2. The molecule has 1 unspecified atom stereocenters. The van der Waals surface area contributed by atoms with Gasteiger partial charge >= 0.3 is 0 Å². The molecule has 3 aromatic rings. The quantitative estimate of drug-likeness (QED) is 0.775. The van der Waals surface area contributed by atoms with Crippen LogP contribution >= 0.6 is 0 Å². The van der Waals surface area contributed by atoms with Crippen LogP contribution in [0.1, 0.15) is 29.2 Å². The van der Waals surface area contributed by atoms with Crippen molar-refractivity contribution in [2.45, 2.75) is 25.9 Å². The zero-order valence-corrected chi connectivity index (χ0v) is 12.2. The molecule has 0 spiro atoms. The molecule has 3 rings (SSSR count). The third kappa shape index (κ3) is 3.11. The monoisotopic (exact) mass is 277 g/mol. The van der Waals surface area contributed by atoms with E-state index in [0.717, 1.165) is 29.3 Å². The van der Waals surface area contributed by atoms with Crippen molar-refractivity contribution in [3.05, 3.63) is 77.5 Å². The average molecular weight is 277 g/mol. The van der Waals surface area contributed by atoms with Gasteiger partial charge in [0.05, 0.1) is 11.6 Å². The Morgan fingerprint density at radius 2 is 1.90 bits per heavy atom. The van der Waals surface area contributed by atoms with Crippen LogP contribution in [0.4, 0.5) is 0 Å². The highest BCUT2D eigenvalue weighted by Gasteiger charge is 2.09. The number of aromatic nitrogens is 1. The molecule has 106 valence electrons. The Bertz CT molecular complexity index is 751. The van der Waals surface area contributed by atoms with Gasteiger partial charge in [0.15, 0.2) is 0 Å². The maximum atomic E-state index is 10.4. The van der Waals surface area contributed by atoms with E-state index >= 15 is 0 Å². The maximum Gasteiger partial charge on any atom is 0.0793 e. The molecule has 0 bridgehead atoms. The molecule has 1 atom stereocenters. The number of aliphatic hydroxyl groups is 1. The molecular weight excluding hydrogens is 258 g/mol. The van der Waals surface area contributed by atoms with Gasteiger partial charge in [-0.1, -0.05) is 36.4 Å². The van der Waals surface area contributed by atoms with Crippen molar-refractivity contribution in [3.8, 4) is 0 Å². The van der Waals surface area contributed by atoms with Crippen molar-refractivity contribution in [1.82, 2.24) is 4.98 Å². The summed E-state index contributed by atoms with van der Waals surface area (Å²) >= 11 is 0. The predicted octanol–water partition coefficient (Wildman–Crippen LogP) is 4.21. The van der Waals surface area contributed by atoms with E-state index in [9.17, 15) is 5.11 Å². The summed E-state index contributed by atoms with van der Waals surface area (Å²) in [6.45, 7) is 2.11. The largest absolute Gasteiger partial charge is 0.388 e. The second-order valence-corrected chi connectivity index (χ2v) is 5.44. The number of pyridine rings is 1. The lowest BCUT2D eigenvalue weighted by molar-refractivity contribution is 0.168. The second kappa shape index (κ2) is 6.06. The first-order valence-electron chi connectivity index (χ1n) is 7.31. The summed E-state index contributed by atoms with van der Waals surface area (Å²) in [4.78, 5) is 4.31. The number of hydrogen-bond acceptors (Lipinski definition) is 2. The van der Waals surface area contributed by atoms with Crippen LogP contribution in [-0.4, -0.2) is 10.1 Å². The van der Waals surface area contributed by atoms with Gasteiger partial charge in [-0.15, -0.1) is 0 Å². The lowest BCUT2D eigenvalue weighted by Crippen LogP contribution is -2.00. The Kier molecular flexibility index (Phi) is 3.98. The Morgan fingerprint density at radius 1 is 1.05 bits per heavy atom. The summed E-state index contributed by atoms with van der Waals surface area (Å²) in [5.74, 6) is 0. The minimum atomic E-state index is -0.436. The number of rotatable bonds is 4. The lowest BCUT2D eigenvalue weighted by atomic mass is 9.98. The van der Waals surface area contributed by atoms with Gasteiger partial charge in [-0.3, -0.25) is 4.98 Å². The van der Waals surface area contributed by atoms with Gasteiger partial charge in [-0.2, -0.15) is 0 Å². The first kappa shape index (κ1) is 13.8. The van der Waals surface area contributed by atoms with Crippen molar-refractivity contribution in [2.75, 3.05) is 0 Å². The smallest absolute Gasteiger partial charge is 0.0793 e. The Labute approximate surface area is 125 Å². The van der Waals surface area contributed by atoms with Crippen LogP contribution in [0.15, 0.2) is 60.8 Å².